The number of nitrogens with one attached hydrogen (secondary N) is 1. The van der Waals surface area contributed by atoms with E-state index in [1.165, 1.54) is 0 Å². The summed E-state index contributed by atoms with van der Waals surface area (Å²) in [6, 6.07) is 4.81. The molecule has 0 amide bonds. The minimum atomic E-state index is -0.480. The third kappa shape index (κ3) is 3.20. The van der Waals surface area contributed by atoms with Crippen molar-refractivity contribution in [3.63, 3.8) is 0 Å². The molecule has 0 aliphatic carbocycles. The minimum Gasteiger partial charge on any atom is -0.465 e. The van der Waals surface area contributed by atoms with Gasteiger partial charge in [-0.1, -0.05) is 33.6 Å². The fraction of sp³-hybridized carbons (Fsp3) is 0.364. The highest BCUT2D eigenvalue weighted by Gasteiger charge is 2.22. The van der Waals surface area contributed by atoms with Crippen LogP contribution in [-0.4, -0.2) is 19.6 Å². The number of benzene rings is 1. The first-order valence-electron chi connectivity index (χ1n) is 4.89. The Bertz CT molecular complexity index is 384. The van der Waals surface area contributed by atoms with Crippen LogP contribution in [0.4, 0.5) is 0 Å². The van der Waals surface area contributed by atoms with Crippen LogP contribution >= 0.6 is 27.5 Å². The van der Waals surface area contributed by atoms with E-state index in [1.54, 1.807) is 32.2 Å². The topological polar surface area (TPSA) is 38.3 Å². The van der Waals surface area contributed by atoms with Crippen LogP contribution in [0, 0.1) is 0 Å². The van der Waals surface area contributed by atoms with Crippen molar-refractivity contribution >= 4 is 33.5 Å². The lowest BCUT2D eigenvalue weighted by Gasteiger charge is -2.16. The van der Waals surface area contributed by atoms with Crippen LogP contribution in [0.25, 0.3) is 0 Å². The van der Waals surface area contributed by atoms with E-state index in [-0.39, 0.29) is 5.97 Å². The molecule has 5 heteroatoms. The fourth-order valence-electron chi connectivity index (χ4n) is 1.36. The Morgan fingerprint density at radius 2 is 2.31 bits per heavy atom. The van der Waals surface area contributed by atoms with Crippen LogP contribution in [0.2, 0.25) is 5.02 Å². The molecular weight excluding hydrogens is 293 g/mol. The smallest absolute Gasteiger partial charge is 0.327 e. The van der Waals surface area contributed by atoms with Crippen molar-refractivity contribution in [3.8, 4) is 0 Å². The number of esters is 1. The van der Waals surface area contributed by atoms with Gasteiger partial charge in [0.05, 0.1) is 6.61 Å². The van der Waals surface area contributed by atoms with Gasteiger partial charge in [0.25, 0.3) is 0 Å². The number of carbonyl (C=O) groups excluding carboxylic acids is 1. The zero-order valence-corrected chi connectivity index (χ0v) is 11.4. The summed E-state index contributed by atoms with van der Waals surface area (Å²) >= 11 is 9.21. The lowest BCUT2D eigenvalue weighted by atomic mass is 10.1. The van der Waals surface area contributed by atoms with Gasteiger partial charge in [-0.05, 0) is 31.7 Å². The highest BCUT2D eigenvalue weighted by atomic mass is 79.9. The number of likely N-dealkylation sites (N-methyl/N-ethyl adjacent to an activating group) is 1. The van der Waals surface area contributed by atoms with E-state index in [9.17, 15) is 4.79 Å². The Balaban J connectivity index is 2.99. The van der Waals surface area contributed by atoms with Crippen molar-refractivity contribution in [1.29, 1.82) is 0 Å². The van der Waals surface area contributed by atoms with Crippen molar-refractivity contribution in [1.82, 2.24) is 5.32 Å². The second-order valence-corrected chi connectivity index (χ2v) is 4.43. The number of ether oxygens (including phenoxy) is 1. The predicted molar refractivity (Wildman–Crippen MR) is 67.6 cm³/mol. The van der Waals surface area contributed by atoms with E-state index in [2.05, 4.69) is 21.2 Å². The Hall–Kier alpha value is -0.580. The first-order valence-corrected chi connectivity index (χ1v) is 6.06. The highest BCUT2D eigenvalue weighted by molar-refractivity contribution is 9.10. The lowest BCUT2D eigenvalue weighted by molar-refractivity contribution is -0.145. The van der Waals surface area contributed by atoms with Crippen molar-refractivity contribution in [2.45, 2.75) is 13.0 Å². The SMILES string of the molecule is CCOC(=O)C(NC)c1ccc(Cl)cc1Br. The number of carbonyl (C=O) groups is 1. The summed E-state index contributed by atoms with van der Waals surface area (Å²) in [4.78, 5) is 11.7. The van der Waals surface area contributed by atoms with Crippen LogP contribution in [0.1, 0.15) is 18.5 Å². The highest BCUT2D eigenvalue weighted by Crippen LogP contribution is 2.27. The predicted octanol–water partition coefficient (Wildman–Crippen LogP) is 2.93. The van der Waals surface area contributed by atoms with E-state index >= 15 is 0 Å². The van der Waals surface area contributed by atoms with Gasteiger partial charge in [-0.2, -0.15) is 0 Å². The van der Waals surface area contributed by atoms with Gasteiger partial charge in [-0.25, -0.2) is 4.79 Å². The first-order chi connectivity index (χ1) is 7.60. The van der Waals surface area contributed by atoms with E-state index in [0.29, 0.717) is 11.6 Å². The van der Waals surface area contributed by atoms with Crippen molar-refractivity contribution < 1.29 is 9.53 Å². The molecule has 1 atom stereocenters. The van der Waals surface area contributed by atoms with E-state index in [1.807, 2.05) is 0 Å². The molecule has 0 aromatic heterocycles. The molecule has 0 radical (unpaired) electrons. The molecule has 1 rings (SSSR count). The molecule has 0 bridgehead atoms. The summed E-state index contributed by atoms with van der Waals surface area (Å²) in [5.74, 6) is -0.298. The maximum absolute atomic E-state index is 11.7. The van der Waals surface area contributed by atoms with Crippen LogP contribution < -0.4 is 5.32 Å². The van der Waals surface area contributed by atoms with Crippen LogP contribution in [0.15, 0.2) is 22.7 Å². The zero-order chi connectivity index (χ0) is 12.1. The molecule has 0 aliphatic rings. The quantitative estimate of drug-likeness (QED) is 0.869. The van der Waals surface area contributed by atoms with Gasteiger partial charge in [0.1, 0.15) is 6.04 Å². The van der Waals surface area contributed by atoms with Gasteiger partial charge in [0.15, 0.2) is 0 Å². The monoisotopic (exact) mass is 305 g/mol. The van der Waals surface area contributed by atoms with Crippen LogP contribution in [-0.2, 0) is 9.53 Å². The second-order valence-electron chi connectivity index (χ2n) is 3.14. The molecule has 3 nitrogen and oxygen atoms in total. The number of rotatable bonds is 4. The lowest BCUT2D eigenvalue weighted by Crippen LogP contribution is -2.27. The molecule has 16 heavy (non-hydrogen) atoms. The molecule has 1 aromatic carbocycles. The molecule has 0 saturated carbocycles. The Kier molecular flexibility index (Phi) is 5.25. The number of halogens is 2. The number of hydrogen-bond acceptors (Lipinski definition) is 3. The molecule has 1 aromatic rings. The van der Waals surface area contributed by atoms with Gasteiger partial charge in [0, 0.05) is 9.50 Å². The summed E-state index contributed by atoms with van der Waals surface area (Å²) in [5.41, 5.74) is 0.811. The molecule has 0 spiro atoms. The van der Waals surface area contributed by atoms with Crippen molar-refractivity contribution in [2.24, 2.45) is 0 Å². The average molecular weight is 307 g/mol. The van der Waals surface area contributed by atoms with Gasteiger partial charge in [0.2, 0.25) is 0 Å². The Labute approximate surface area is 108 Å². The Morgan fingerprint density at radius 3 is 2.81 bits per heavy atom. The molecule has 0 saturated heterocycles. The summed E-state index contributed by atoms with van der Waals surface area (Å²) in [6.07, 6.45) is 0. The molecule has 0 aliphatic heterocycles. The molecule has 88 valence electrons. The van der Waals surface area contributed by atoms with Gasteiger partial charge in [-0.3, -0.25) is 0 Å². The normalized spacial score (nSPS) is 12.2. The molecule has 0 heterocycles. The summed E-state index contributed by atoms with van der Waals surface area (Å²) in [5, 5.41) is 3.54. The Morgan fingerprint density at radius 1 is 1.62 bits per heavy atom. The minimum absolute atomic E-state index is 0.298. The van der Waals surface area contributed by atoms with Crippen LogP contribution in [0.5, 0.6) is 0 Å². The first kappa shape index (κ1) is 13.5. The zero-order valence-electron chi connectivity index (χ0n) is 9.09. The maximum atomic E-state index is 11.7. The molecular formula is C11H13BrClNO2. The summed E-state index contributed by atoms with van der Waals surface area (Å²) < 4.78 is 5.76. The maximum Gasteiger partial charge on any atom is 0.327 e. The largest absolute Gasteiger partial charge is 0.465 e. The molecule has 1 N–H and O–H groups in total. The average Bonchev–Trinajstić information content (AvgIpc) is 2.22. The summed E-state index contributed by atoms with van der Waals surface area (Å²) in [7, 11) is 1.71. The third-order valence-corrected chi connectivity index (χ3v) is 3.01. The van der Waals surface area contributed by atoms with Gasteiger partial charge >= 0.3 is 5.97 Å². The second kappa shape index (κ2) is 6.23. The van der Waals surface area contributed by atoms with Crippen LogP contribution in [0.3, 0.4) is 0 Å². The molecule has 1 unspecified atom stereocenters. The molecule has 0 fully saturated rings. The number of hydrogen-bond donors (Lipinski definition) is 1. The fourth-order valence-corrected chi connectivity index (χ4v) is 2.27. The van der Waals surface area contributed by atoms with Crippen molar-refractivity contribution in [2.75, 3.05) is 13.7 Å². The van der Waals surface area contributed by atoms with Crippen molar-refractivity contribution in [3.05, 3.63) is 33.3 Å². The van der Waals surface area contributed by atoms with E-state index in [4.69, 9.17) is 16.3 Å². The van der Waals surface area contributed by atoms with E-state index < -0.39 is 6.04 Å². The summed E-state index contributed by atoms with van der Waals surface area (Å²) in [6.45, 7) is 2.14. The van der Waals surface area contributed by atoms with Gasteiger partial charge < -0.3 is 10.1 Å². The standard InChI is InChI=1S/C11H13BrClNO2/c1-3-16-11(15)10(14-2)8-5-4-7(13)6-9(8)12/h4-6,10,14H,3H2,1-2H3. The van der Waals surface area contributed by atoms with Gasteiger partial charge in [-0.15, -0.1) is 0 Å². The third-order valence-electron chi connectivity index (χ3n) is 2.08. The van der Waals surface area contributed by atoms with E-state index in [0.717, 1.165) is 10.0 Å².